The second-order valence-corrected chi connectivity index (χ2v) is 5.25. The number of rotatable bonds is 1. The largest absolute Gasteiger partial charge is 0.306 e. The number of likely N-dealkylation sites (N-methyl/N-ethyl adjacent to an activating group) is 1. The predicted molar refractivity (Wildman–Crippen MR) is 70.6 cm³/mol. The average Bonchev–Trinajstić information content (AvgIpc) is 2.22. The van der Waals surface area contributed by atoms with Crippen molar-refractivity contribution in [3.05, 3.63) is 29.3 Å². The van der Waals surface area contributed by atoms with E-state index in [-0.39, 0.29) is 0 Å². The number of likely N-dealkylation sites (tertiary alicyclic amines) is 1. The SMILES string of the molecule is [B]c1ccc(C2CN(C)CCC2C)c(C)c1. The number of benzene rings is 1. The van der Waals surface area contributed by atoms with E-state index in [4.69, 9.17) is 7.85 Å². The molecule has 84 valence electrons. The molecule has 1 aromatic rings. The minimum Gasteiger partial charge on any atom is -0.306 e. The zero-order chi connectivity index (χ0) is 11.7. The van der Waals surface area contributed by atoms with Gasteiger partial charge in [0.05, 0.1) is 0 Å². The molecule has 0 N–H and O–H groups in total. The fraction of sp³-hybridized carbons (Fsp3) is 0.571. The van der Waals surface area contributed by atoms with Crippen LogP contribution in [0.15, 0.2) is 18.2 Å². The van der Waals surface area contributed by atoms with Crippen LogP contribution in [0.2, 0.25) is 0 Å². The van der Waals surface area contributed by atoms with E-state index in [1.165, 1.54) is 30.6 Å². The van der Waals surface area contributed by atoms with E-state index in [2.05, 4.69) is 37.9 Å². The minimum atomic E-state index is 0.666. The molecule has 1 aliphatic rings. The summed E-state index contributed by atoms with van der Waals surface area (Å²) in [4.78, 5) is 2.43. The molecular formula is C14H20BN. The molecule has 0 spiro atoms. The first-order valence-corrected chi connectivity index (χ1v) is 6.12. The Morgan fingerprint density at radius 1 is 1.38 bits per heavy atom. The summed E-state index contributed by atoms with van der Waals surface area (Å²) in [7, 11) is 8.02. The van der Waals surface area contributed by atoms with E-state index in [1.54, 1.807) is 0 Å². The maximum atomic E-state index is 5.81. The lowest BCUT2D eigenvalue weighted by Gasteiger charge is -2.36. The Bertz CT molecular complexity index is 375. The third kappa shape index (κ3) is 2.32. The zero-order valence-corrected chi connectivity index (χ0v) is 10.5. The normalized spacial score (nSPS) is 26.9. The van der Waals surface area contributed by atoms with Gasteiger partial charge in [-0.2, -0.15) is 0 Å². The molecule has 1 nitrogen and oxygen atoms in total. The second-order valence-electron chi connectivity index (χ2n) is 5.25. The van der Waals surface area contributed by atoms with E-state index in [1.807, 2.05) is 6.07 Å². The molecule has 0 amide bonds. The standard InChI is InChI=1S/C14H20BN/c1-10-6-7-16(3)9-14(10)13-5-4-12(15)8-11(13)2/h4-5,8,10,14H,6-7,9H2,1-3H3. The van der Waals surface area contributed by atoms with Crippen LogP contribution < -0.4 is 5.46 Å². The lowest BCUT2D eigenvalue weighted by atomic mass is 9.79. The smallest absolute Gasteiger partial charge is 0.113 e. The lowest BCUT2D eigenvalue weighted by Crippen LogP contribution is -2.36. The van der Waals surface area contributed by atoms with Gasteiger partial charge in [0.1, 0.15) is 7.85 Å². The van der Waals surface area contributed by atoms with Crippen molar-refractivity contribution in [1.29, 1.82) is 0 Å². The van der Waals surface area contributed by atoms with Crippen molar-refractivity contribution >= 4 is 13.3 Å². The summed E-state index contributed by atoms with van der Waals surface area (Å²) in [6.07, 6.45) is 1.30. The van der Waals surface area contributed by atoms with Crippen molar-refractivity contribution in [2.24, 2.45) is 5.92 Å². The second kappa shape index (κ2) is 4.62. The summed E-state index contributed by atoms with van der Waals surface area (Å²) in [5.74, 6) is 1.44. The quantitative estimate of drug-likeness (QED) is 0.643. The molecule has 1 fully saturated rings. The van der Waals surface area contributed by atoms with Crippen molar-refractivity contribution in [1.82, 2.24) is 4.90 Å². The minimum absolute atomic E-state index is 0.666. The molecule has 2 atom stereocenters. The van der Waals surface area contributed by atoms with Gasteiger partial charge >= 0.3 is 0 Å². The van der Waals surface area contributed by atoms with Crippen LogP contribution in [0.25, 0.3) is 0 Å². The number of hydrogen-bond donors (Lipinski definition) is 0. The maximum absolute atomic E-state index is 5.81. The molecule has 1 aliphatic heterocycles. The van der Waals surface area contributed by atoms with Crippen LogP contribution in [0.3, 0.4) is 0 Å². The molecule has 1 aromatic carbocycles. The Hall–Kier alpha value is -0.755. The van der Waals surface area contributed by atoms with Crippen LogP contribution >= 0.6 is 0 Å². The molecule has 2 radical (unpaired) electrons. The molecule has 0 bridgehead atoms. The van der Waals surface area contributed by atoms with Gasteiger partial charge in [0, 0.05) is 6.54 Å². The number of hydrogen-bond acceptors (Lipinski definition) is 1. The third-order valence-corrected chi connectivity index (χ3v) is 3.85. The summed E-state index contributed by atoms with van der Waals surface area (Å²) < 4.78 is 0. The zero-order valence-electron chi connectivity index (χ0n) is 10.5. The predicted octanol–water partition coefficient (Wildman–Crippen LogP) is 1.84. The molecule has 2 rings (SSSR count). The molecule has 1 saturated heterocycles. The fourth-order valence-electron chi connectivity index (χ4n) is 2.75. The highest BCUT2D eigenvalue weighted by molar-refractivity contribution is 6.32. The van der Waals surface area contributed by atoms with Gasteiger partial charge in [-0.05, 0) is 49.9 Å². The van der Waals surface area contributed by atoms with Gasteiger partial charge in [-0.3, -0.25) is 0 Å². The summed E-state index contributed by atoms with van der Waals surface area (Å²) in [6, 6.07) is 6.34. The van der Waals surface area contributed by atoms with Crippen molar-refractivity contribution < 1.29 is 0 Å². The molecular weight excluding hydrogens is 193 g/mol. The van der Waals surface area contributed by atoms with Gasteiger partial charge in [-0.25, -0.2) is 0 Å². The van der Waals surface area contributed by atoms with Crippen molar-refractivity contribution in [3.8, 4) is 0 Å². The van der Waals surface area contributed by atoms with Crippen LogP contribution in [-0.4, -0.2) is 32.9 Å². The molecule has 2 heteroatoms. The van der Waals surface area contributed by atoms with Crippen molar-refractivity contribution in [2.75, 3.05) is 20.1 Å². The van der Waals surface area contributed by atoms with E-state index in [0.29, 0.717) is 5.92 Å². The Morgan fingerprint density at radius 3 is 2.81 bits per heavy atom. The molecule has 2 unspecified atom stereocenters. The highest BCUT2D eigenvalue weighted by atomic mass is 15.1. The first kappa shape index (κ1) is 11.7. The fourth-order valence-corrected chi connectivity index (χ4v) is 2.75. The molecule has 0 aliphatic carbocycles. The summed E-state index contributed by atoms with van der Waals surface area (Å²) >= 11 is 0. The van der Waals surface area contributed by atoms with E-state index >= 15 is 0 Å². The Kier molecular flexibility index (Phi) is 3.39. The number of nitrogens with zero attached hydrogens (tertiary/aromatic N) is 1. The van der Waals surface area contributed by atoms with Gasteiger partial charge in [0.2, 0.25) is 0 Å². The average molecular weight is 213 g/mol. The van der Waals surface area contributed by atoms with Gasteiger partial charge in [0.25, 0.3) is 0 Å². The lowest BCUT2D eigenvalue weighted by molar-refractivity contribution is 0.199. The van der Waals surface area contributed by atoms with Gasteiger partial charge in [0.15, 0.2) is 0 Å². The Morgan fingerprint density at radius 2 is 2.12 bits per heavy atom. The van der Waals surface area contributed by atoms with Crippen molar-refractivity contribution in [3.63, 3.8) is 0 Å². The molecule has 16 heavy (non-hydrogen) atoms. The van der Waals surface area contributed by atoms with Crippen LogP contribution in [-0.2, 0) is 0 Å². The van der Waals surface area contributed by atoms with Crippen molar-refractivity contribution in [2.45, 2.75) is 26.2 Å². The first-order valence-electron chi connectivity index (χ1n) is 6.12. The van der Waals surface area contributed by atoms with Crippen LogP contribution in [0, 0.1) is 12.8 Å². The Labute approximate surface area is 100 Å². The van der Waals surface area contributed by atoms with Gasteiger partial charge in [-0.15, -0.1) is 0 Å². The molecule has 1 heterocycles. The molecule has 0 saturated carbocycles. The topological polar surface area (TPSA) is 3.24 Å². The van der Waals surface area contributed by atoms with E-state index in [0.717, 1.165) is 11.4 Å². The van der Waals surface area contributed by atoms with Gasteiger partial charge < -0.3 is 4.90 Å². The number of aryl methyl sites for hydroxylation is 1. The van der Waals surface area contributed by atoms with Crippen LogP contribution in [0.4, 0.5) is 0 Å². The summed E-state index contributed by atoms with van der Waals surface area (Å²) in [6.45, 7) is 6.94. The summed E-state index contributed by atoms with van der Waals surface area (Å²) in [5, 5.41) is 0. The highest BCUT2D eigenvalue weighted by Crippen LogP contribution is 2.32. The van der Waals surface area contributed by atoms with Crippen LogP contribution in [0.5, 0.6) is 0 Å². The third-order valence-electron chi connectivity index (χ3n) is 3.85. The molecule has 0 aromatic heterocycles. The number of piperidine rings is 1. The highest BCUT2D eigenvalue weighted by Gasteiger charge is 2.26. The Balaban J connectivity index is 2.28. The van der Waals surface area contributed by atoms with Gasteiger partial charge in [-0.1, -0.05) is 30.6 Å². The first-order chi connectivity index (χ1) is 7.58. The van der Waals surface area contributed by atoms with E-state index in [9.17, 15) is 0 Å². The maximum Gasteiger partial charge on any atom is 0.113 e. The van der Waals surface area contributed by atoms with E-state index < -0.39 is 0 Å². The summed E-state index contributed by atoms with van der Waals surface area (Å²) in [5.41, 5.74) is 3.69. The monoisotopic (exact) mass is 213 g/mol. The van der Waals surface area contributed by atoms with Crippen LogP contribution in [0.1, 0.15) is 30.4 Å².